The van der Waals surface area contributed by atoms with E-state index in [1.165, 1.54) is 0 Å². The van der Waals surface area contributed by atoms with Crippen LogP contribution in [0.3, 0.4) is 0 Å². The number of hydrogen-bond donors (Lipinski definition) is 2. The van der Waals surface area contributed by atoms with Crippen molar-refractivity contribution >= 4 is 12.1 Å². The Bertz CT molecular complexity index is 346. The molecule has 0 bridgehead atoms. The average molecular weight is 249 g/mol. The Morgan fingerprint density at radius 3 is 2.35 bits per heavy atom. The molecule has 0 saturated heterocycles. The van der Waals surface area contributed by atoms with Crippen LogP contribution < -0.4 is 5.32 Å². The summed E-state index contributed by atoms with van der Waals surface area (Å²) in [4.78, 5) is 21.9. The van der Waals surface area contributed by atoms with Crippen LogP contribution in [0, 0.1) is 17.8 Å². The van der Waals surface area contributed by atoms with E-state index < -0.39 is 41.8 Å². The van der Waals surface area contributed by atoms with Crippen molar-refractivity contribution < 1.29 is 28.2 Å². The fourth-order valence-electron chi connectivity index (χ4n) is 2.69. The maximum Gasteiger partial charge on any atom is 0.407 e. The topological polar surface area (TPSA) is 75.6 Å². The van der Waals surface area contributed by atoms with E-state index >= 15 is 0 Å². The minimum atomic E-state index is -2.63. The number of carboxylic acids is 1. The van der Waals surface area contributed by atoms with Gasteiger partial charge < -0.3 is 15.2 Å². The van der Waals surface area contributed by atoms with Crippen molar-refractivity contribution in [1.29, 1.82) is 0 Å². The molecule has 3 atom stereocenters. The molecule has 5 nitrogen and oxygen atoms in total. The lowest BCUT2D eigenvalue weighted by molar-refractivity contribution is -0.141. The predicted molar refractivity (Wildman–Crippen MR) is 51.6 cm³/mol. The van der Waals surface area contributed by atoms with Crippen LogP contribution in [-0.4, -0.2) is 36.2 Å². The normalized spacial score (nSPS) is 34.6. The van der Waals surface area contributed by atoms with Gasteiger partial charge in [0.05, 0.1) is 7.11 Å². The summed E-state index contributed by atoms with van der Waals surface area (Å²) >= 11 is 0. The summed E-state index contributed by atoms with van der Waals surface area (Å²) in [7, 11) is 1.12. The summed E-state index contributed by atoms with van der Waals surface area (Å²) in [6, 6.07) is -1.15. The fraction of sp³-hybridized carbons (Fsp3) is 0.800. The first-order chi connectivity index (χ1) is 7.87. The van der Waals surface area contributed by atoms with Crippen molar-refractivity contribution in [2.75, 3.05) is 7.11 Å². The summed E-state index contributed by atoms with van der Waals surface area (Å²) in [6.45, 7) is 0. The zero-order chi connectivity index (χ0) is 12.8. The second-order valence-corrected chi connectivity index (χ2v) is 4.57. The SMILES string of the molecule is COC(=O)NC(C(=O)O)C1CC2C(C1)C2(F)F. The maximum atomic E-state index is 12.9. The molecule has 0 aromatic heterocycles. The van der Waals surface area contributed by atoms with Crippen LogP contribution in [0.2, 0.25) is 0 Å². The zero-order valence-corrected chi connectivity index (χ0v) is 9.15. The van der Waals surface area contributed by atoms with Gasteiger partial charge >= 0.3 is 12.1 Å². The average Bonchev–Trinajstić information content (AvgIpc) is 2.69. The number of amides is 1. The third kappa shape index (κ3) is 1.94. The Morgan fingerprint density at radius 1 is 1.41 bits per heavy atom. The molecule has 0 heterocycles. The number of aliphatic carboxylic acids is 1. The molecule has 2 aliphatic rings. The van der Waals surface area contributed by atoms with Gasteiger partial charge in [0.25, 0.3) is 5.92 Å². The summed E-state index contributed by atoms with van der Waals surface area (Å²) in [6.07, 6.45) is -0.582. The number of halogens is 2. The Labute approximate surface area is 96.1 Å². The number of rotatable bonds is 3. The molecule has 96 valence electrons. The molecule has 17 heavy (non-hydrogen) atoms. The van der Waals surface area contributed by atoms with Gasteiger partial charge in [0.15, 0.2) is 0 Å². The van der Waals surface area contributed by atoms with Gasteiger partial charge in [-0.1, -0.05) is 0 Å². The molecule has 1 amide bonds. The number of ether oxygens (including phenoxy) is 1. The number of hydrogen-bond acceptors (Lipinski definition) is 3. The van der Waals surface area contributed by atoms with Crippen molar-refractivity contribution in [2.24, 2.45) is 17.8 Å². The summed E-state index contributed by atoms with van der Waals surface area (Å²) in [5.41, 5.74) is 0. The minimum Gasteiger partial charge on any atom is -0.480 e. The van der Waals surface area contributed by atoms with E-state index in [9.17, 15) is 18.4 Å². The lowest BCUT2D eigenvalue weighted by Gasteiger charge is -2.22. The van der Waals surface area contributed by atoms with Gasteiger partial charge in [0.2, 0.25) is 0 Å². The minimum absolute atomic E-state index is 0.138. The molecule has 0 aliphatic heterocycles. The third-order valence-electron chi connectivity index (χ3n) is 3.67. The second kappa shape index (κ2) is 3.82. The van der Waals surface area contributed by atoms with Crippen LogP contribution in [0.1, 0.15) is 12.8 Å². The van der Waals surface area contributed by atoms with E-state index in [1.807, 2.05) is 0 Å². The van der Waals surface area contributed by atoms with Crippen molar-refractivity contribution in [2.45, 2.75) is 24.8 Å². The highest BCUT2D eigenvalue weighted by atomic mass is 19.3. The molecule has 3 unspecified atom stereocenters. The summed E-state index contributed by atoms with van der Waals surface area (Å²) < 4.78 is 30.2. The van der Waals surface area contributed by atoms with E-state index in [1.54, 1.807) is 0 Å². The van der Waals surface area contributed by atoms with E-state index in [2.05, 4.69) is 10.1 Å². The van der Waals surface area contributed by atoms with Crippen molar-refractivity contribution in [3.05, 3.63) is 0 Å². The van der Waals surface area contributed by atoms with Gasteiger partial charge in [0.1, 0.15) is 6.04 Å². The summed E-state index contributed by atoms with van der Waals surface area (Å²) in [5.74, 6) is -5.72. The molecule has 0 spiro atoms. The van der Waals surface area contributed by atoms with Crippen LogP contribution >= 0.6 is 0 Å². The maximum absolute atomic E-state index is 12.9. The smallest absolute Gasteiger partial charge is 0.407 e. The Kier molecular flexibility index (Phi) is 2.71. The first kappa shape index (κ1) is 12.1. The quantitative estimate of drug-likeness (QED) is 0.785. The Balaban J connectivity index is 1.96. The lowest BCUT2D eigenvalue weighted by atomic mass is 9.94. The highest BCUT2D eigenvalue weighted by Crippen LogP contribution is 2.66. The Morgan fingerprint density at radius 2 is 1.94 bits per heavy atom. The lowest BCUT2D eigenvalue weighted by Crippen LogP contribution is -2.46. The van der Waals surface area contributed by atoms with Gasteiger partial charge in [-0.05, 0) is 18.8 Å². The van der Waals surface area contributed by atoms with Gasteiger partial charge in [-0.25, -0.2) is 18.4 Å². The predicted octanol–water partition coefficient (Wildman–Crippen LogP) is 1.09. The molecule has 7 heteroatoms. The van der Waals surface area contributed by atoms with Crippen LogP contribution in [0.5, 0.6) is 0 Å². The monoisotopic (exact) mass is 249 g/mol. The third-order valence-corrected chi connectivity index (χ3v) is 3.67. The molecule has 2 aliphatic carbocycles. The molecule has 0 aromatic carbocycles. The molecule has 2 saturated carbocycles. The molecule has 0 radical (unpaired) electrons. The van der Waals surface area contributed by atoms with Crippen LogP contribution in [-0.2, 0) is 9.53 Å². The Hall–Kier alpha value is -1.40. The molecule has 2 rings (SSSR count). The molecule has 2 fully saturated rings. The van der Waals surface area contributed by atoms with Gasteiger partial charge in [-0.15, -0.1) is 0 Å². The number of carboxylic acid groups (broad SMARTS) is 1. The molecular weight excluding hydrogens is 236 g/mol. The van der Waals surface area contributed by atoms with Crippen LogP contribution in [0.15, 0.2) is 0 Å². The van der Waals surface area contributed by atoms with Gasteiger partial charge in [-0.2, -0.15) is 0 Å². The van der Waals surface area contributed by atoms with Gasteiger partial charge in [-0.3, -0.25) is 0 Å². The van der Waals surface area contributed by atoms with E-state index in [0.29, 0.717) is 0 Å². The van der Waals surface area contributed by atoms with Gasteiger partial charge in [0, 0.05) is 11.8 Å². The molecule has 2 N–H and O–H groups in total. The molecular formula is C10H13F2NO4. The standard InChI is InChI=1S/C10H13F2NO4/c1-17-9(16)13-7(8(14)15)4-2-5-6(3-4)10(5,11)12/h4-7H,2-3H2,1H3,(H,13,16)(H,14,15). The highest BCUT2D eigenvalue weighted by molar-refractivity contribution is 5.80. The number of alkyl halides is 2. The fourth-order valence-corrected chi connectivity index (χ4v) is 2.69. The highest BCUT2D eigenvalue weighted by Gasteiger charge is 2.72. The number of methoxy groups -OCH3 is 1. The van der Waals surface area contributed by atoms with Crippen molar-refractivity contribution in [1.82, 2.24) is 5.32 Å². The first-order valence-corrected chi connectivity index (χ1v) is 5.33. The second-order valence-electron chi connectivity index (χ2n) is 4.57. The number of nitrogens with one attached hydrogen (secondary N) is 1. The van der Waals surface area contributed by atoms with Crippen LogP contribution in [0.4, 0.5) is 13.6 Å². The first-order valence-electron chi connectivity index (χ1n) is 5.33. The molecule has 0 aromatic rings. The van der Waals surface area contributed by atoms with E-state index in [0.717, 1.165) is 7.11 Å². The number of carbonyl (C=O) groups excluding carboxylic acids is 1. The van der Waals surface area contributed by atoms with Crippen molar-refractivity contribution in [3.8, 4) is 0 Å². The van der Waals surface area contributed by atoms with E-state index in [4.69, 9.17) is 5.11 Å². The largest absolute Gasteiger partial charge is 0.480 e. The number of fused-ring (bicyclic) bond motifs is 1. The number of carbonyl (C=O) groups is 2. The summed E-state index contributed by atoms with van der Waals surface area (Å²) in [5, 5.41) is 11.1. The number of alkyl carbamates (subject to hydrolysis) is 1. The van der Waals surface area contributed by atoms with Crippen LogP contribution in [0.25, 0.3) is 0 Å². The zero-order valence-electron chi connectivity index (χ0n) is 9.15. The van der Waals surface area contributed by atoms with Crippen molar-refractivity contribution in [3.63, 3.8) is 0 Å². The van der Waals surface area contributed by atoms with E-state index in [-0.39, 0.29) is 12.8 Å².